The predicted octanol–water partition coefficient (Wildman–Crippen LogP) is 7.36. The Morgan fingerprint density at radius 2 is 1.51 bits per heavy atom. The summed E-state index contributed by atoms with van der Waals surface area (Å²) in [5.74, 6) is 1.01. The third kappa shape index (κ3) is 3.42. The lowest BCUT2D eigenvalue weighted by atomic mass is 9.39. The van der Waals surface area contributed by atoms with E-state index in [-0.39, 0.29) is 46.0 Å². The van der Waals surface area contributed by atoms with Crippen LogP contribution >= 0.6 is 0 Å². The monoisotopic (exact) mass is 504 g/mol. The number of carbonyl (C=O) groups is 1. The fourth-order valence-electron chi connectivity index (χ4n) is 9.30. The molecule has 0 bridgehead atoms. The van der Waals surface area contributed by atoms with Crippen LogP contribution in [0.25, 0.3) is 0 Å². The van der Waals surface area contributed by atoms with Crippen molar-refractivity contribution in [1.82, 2.24) is 0 Å². The Morgan fingerprint density at radius 1 is 0.886 bits per heavy atom. The Morgan fingerprint density at radius 3 is 2.14 bits per heavy atom. The third-order valence-electron chi connectivity index (χ3n) is 12.5. The molecule has 5 fully saturated rings. The van der Waals surface area contributed by atoms with Crippen molar-refractivity contribution in [3.63, 3.8) is 0 Å². The second kappa shape index (κ2) is 7.67. The molecular weight excluding hydrogens is 452 g/mol. The number of fused-ring (bicyclic) bond motifs is 8. The summed E-state index contributed by atoms with van der Waals surface area (Å²) in [6.07, 6.45) is 7.19. The van der Waals surface area contributed by atoms with Gasteiger partial charge in [0.25, 0.3) is 0 Å². The molecule has 5 heteroatoms. The van der Waals surface area contributed by atoms with Gasteiger partial charge in [-0.1, -0.05) is 61.3 Å². The average Bonchev–Trinajstić information content (AvgIpc) is 3.21. The van der Waals surface area contributed by atoms with Crippen LogP contribution in [0.15, 0.2) is 0 Å². The molecule has 0 radical (unpaired) electrons. The molecule has 4 saturated carbocycles. The normalized spacial score (nSPS) is 48.7. The molecule has 7 unspecified atom stereocenters. The van der Waals surface area contributed by atoms with Gasteiger partial charge in [-0.25, -0.2) is 0 Å². The Bertz CT molecular complexity index is 887. The van der Waals surface area contributed by atoms with Crippen LogP contribution in [-0.2, 0) is 18.7 Å². The zero-order valence-electron chi connectivity index (χ0n) is 24.4. The van der Waals surface area contributed by atoms with Crippen LogP contribution in [0.4, 0.5) is 0 Å². The molecule has 4 aliphatic carbocycles. The van der Waals surface area contributed by atoms with Crippen LogP contribution in [0.2, 0.25) is 18.1 Å². The lowest BCUT2D eigenvalue weighted by molar-refractivity contribution is -0.212. The minimum atomic E-state index is -1.98. The maximum absolute atomic E-state index is 14.8. The lowest BCUT2D eigenvalue weighted by Crippen LogP contribution is -2.70. The van der Waals surface area contributed by atoms with Crippen LogP contribution in [0, 0.1) is 39.9 Å². The molecule has 0 amide bonds. The number of rotatable bonds is 2. The van der Waals surface area contributed by atoms with Crippen molar-refractivity contribution < 1.29 is 18.7 Å². The van der Waals surface area contributed by atoms with Crippen LogP contribution in [0.3, 0.4) is 0 Å². The minimum absolute atomic E-state index is 0.00191. The fourth-order valence-corrected chi connectivity index (χ4v) is 10.7. The molecular formula is C30H52O4Si. The summed E-state index contributed by atoms with van der Waals surface area (Å²) in [7, 11) is -1.98. The van der Waals surface area contributed by atoms with Crippen LogP contribution in [0.1, 0.15) is 101 Å². The van der Waals surface area contributed by atoms with Crippen molar-refractivity contribution in [2.24, 2.45) is 39.9 Å². The Labute approximate surface area is 215 Å². The Kier molecular flexibility index (Phi) is 5.78. The summed E-state index contributed by atoms with van der Waals surface area (Å²) in [5.41, 5.74) is -0.615. The zero-order chi connectivity index (χ0) is 26.0. The van der Waals surface area contributed by atoms with Gasteiger partial charge in [0.1, 0.15) is 5.78 Å². The summed E-state index contributed by atoms with van der Waals surface area (Å²) < 4.78 is 20.7. The number of ketones is 1. The zero-order valence-corrected chi connectivity index (χ0v) is 25.4. The number of Topliss-reactive ketones (excluding diaryl/α,β-unsaturated/α-hetero) is 1. The first kappa shape index (κ1) is 26.4. The molecule has 1 aliphatic heterocycles. The standard InChI is InChI=1S/C30H52O4Si/c1-26(2,3)35(10,11)34-20-16-15-18-21-22(25(31)27(4,5)30(18,20)9)29(8)17-13-12-14-19(29)23-24(21)33-28(6,7)32-23/h18-24H,12-17H2,1-11H3/t18?,19?,20?,21?,22?,23?,24?,29-,30-/m0/s1. The van der Waals surface area contributed by atoms with Crippen molar-refractivity contribution in [3.05, 3.63) is 0 Å². The first-order valence-corrected chi connectivity index (χ1v) is 17.4. The maximum Gasteiger partial charge on any atom is 0.192 e. The summed E-state index contributed by atoms with van der Waals surface area (Å²) in [4.78, 5) is 14.8. The van der Waals surface area contributed by atoms with Gasteiger partial charge in [-0.2, -0.15) is 0 Å². The molecule has 1 saturated heterocycles. The van der Waals surface area contributed by atoms with Gasteiger partial charge >= 0.3 is 0 Å². The summed E-state index contributed by atoms with van der Waals surface area (Å²) in [5, 5.41) is 0.151. The highest BCUT2D eigenvalue weighted by atomic mass is 28.4. The van der Waals surface area contributed by atoms with Gasteiger partial charge in [-0.3, -0.25) is 4.79 Å². The topological polar surface area (TPSA) is 44.8 Å². The highest BCUT2D eigenvalue weighted by Crippen LogP contribution is 2.72. The molecule has 5 rings (SSSR count). The van der Waals surface area contributed by atoms with E-state index in [4.69, 9.17) is 13.9 Å². The summed E-state index contributed by atoms with van der Waals surface area (Å²) >= 11 is 0. The van der Waals surface area contributed by atoms with Gasteiger partial charge in [-0.05, 0) is 74.9 Å². The van der Waals surface area contributed by atoms with Gasteiger partial charge in [0, 0.05) is 22.7 Å². The van der Waals surface area contributed by atoms with Crippen molar-refractivity contribution >= 4 is 14.1 Å². The van der Waals surface area contributed by atoms with Crippen molar-refractivity contribution in [2.45, 2.75) is 143 Å². The fraction of sp³-hybridized carbons (Fsp3) is 0.967. The smallest absolute Gasteiger partial charge is 0.192 e. The minimum Gasteiger partial charge on any atom is -0.413 e. The van der Waals surface area contributed by atoms with E-state index in [2.05, 4.69) is 75.4 Å². The highest BCUT2D eigenvalue weighted by molar-refractivity contribution is 6.74. The van der Waals surface area contributed by atoms with E-state index < -0.39 is 19.5 Å². The Hall–Kier alpha value is -0.233. The molecule has 9 atom stereocenters. The van der Waals surface area contributed by atoms with E-state index in [0.29, 0.717) is 17.6 Å². The number of ether oxygens (including phenoxy) is 2. The molecule has 5 aliphatic rings. The van der Waals surface area contributed by atoms with E-state index >= 15 is 0 Å². The van der Waals surface area contributed by atoms with Gasteiger partial charge in [0.05, 0.1) is 18.3 Å². The van der Waals surface area contributed by atoms with E-state index in [1.807, 2.05) is 0 Å². The Balaban J connectivity index is 1.61. The SMILES string of the molecule is CC1(C)OC2C(O1)C1CCCC[C@]1(C)C1C(=O)C(C)(C)[C@]3(C)C(O[Si](C)(C)C(C)(C)C)CCC3C21. The number of hydrogen-bond donors (Lipinski definition) is 0. The van der Waals surface area contributed by atoms with Crippen molar-refractivity contribution in [3.8, 4) is 0 Å². The van der Waals surface area contributed by atoms with E-state index in [1.165, 1.54) is 12.8 Å². The number of hydrogen-bond acceptors (Lipinski definition) is 4. The molecule has 1 heterocycles. The van der Waals surface area contributed by atoms with Gasteiger partial charge in [-0.15, -0.1) is 0 Å². The average molecular weight is 505 g/mol. The van der Waals surface area contributed by atoms with Crippen LogP contribution in [-0.4, -0.2) is 38.2 Å². The molecule has 200 valence electrons. The molecule has 35 heavy (non-hydrogen) atoms. The number of carbonyl (C=O) groups excluding carboxylic acids is 1. The molecule has 0 aromatic heterocycles. The molecule has 4 nitrogen and oxygen atoms in total. The van der Waals surface area contributed by atoms with Crippen molar-refractivity contribution in [2.75, 3.05) is 0 Å². The second-order valence-electron chi connectivity index (χ2n) is 15.8. The van der Waals surface area contributed by atoms with E-state index in [9.17, 15) is 4.79 Å². The molecule has 0 aromatic rings. The van der Waals surface area contributed by atoms with Gasteiger partial charge < -0.3 is 13.9 Å². The first-order chi connectivity index (χ1) is 15.9. The summed E-state index contributed by atoms with van der Waals surface area (Å²) in [6.45, 7) is 25.2. The lowest BCUT2D eigenvalue weighted by Gasteiger charge is -2.66. The quantitative estimate of drug-likeness (QED) is 0.368. The van der Waals surface area contributed by atoms with Crippen LogP contribution in [0.5, 0.6) is 0 Å². The molecule has 0 N–H and O–H groups in total. The first-order valence-electron chi connectivity index (χ1n) is 14.5. The largest absolute Gasteiger partial charge is 0.413 e. The summed E-state index contributed by atoms with van der Waals surface area (Å²) in [6, 6.07) is 0. The van der Waals surface area contributed by atoms with Gasteiger partial charge in [0.2, 0.25) is 0 Å². The van der Waals surface area contributed by atoms with E-state index in [1.54, 1.807) is 0 Å². The molecule has 0 aromatic carbocycles. The van der Waals surface area contributed by atoms with E-state index in [0.717, 1.165) is 25.7 Å². The predicted molar refractivity (Wildman–Crippen MR) is 143 cm³/mol. The third-order valence-corrected chi connectivity index (χ3v) is 17.0. The highest BCUT2D eigenvalue weighted by Gasteiger charge is 2.75. The second-order valence-corrected chi connectivity index (χ2v) is 20.6. The van der Waals surface area contributed by atoms with Gasteiger partial charge in [0.15, 0.2) is 14.1 Å². The maximum atomic E-state index is 14.8. The molecule has 0 spiro atoms. The van der Waals surface area contributed by atoms with Crippen LogP contribution < -0.4 is 0 Å². The van der Waals surface area contributed by atoms with Crippen molar-refractivity contribution in [1.29, 1.82) is 0 Å².